The van der Waals surface area contributed by atoms with Gasteiger partial charge in [0, 0.05) is 0 Å². The number of thiazole rings is 1. The third-order valence-electron chi connectivity index (χ3n) is 5.94. The maximum Gasteiger partial charge on any atom is 0.338 e. The number of benzene rings is 2. The Morgan fingerprint density at radius 1 is 1.23 bits per heavy atom. The van der Waals surface area contributed by atoms with Gasteiger partial charge in [0.2, 0.25) is 0 Å². The highest BCUT2D eigenvalue weighted by molar-refractivity contribution is 7.07. The van der Waals surface area contributed by atoms with Crippen LogP contribution in [0.3, 0.4) is 0 Å². The molecule has 0 amide bonds. The molecule has 0 bridgehead atoms. The number of carbonyl (C=O) groups excluding carboxylic acids is 1. The van der Waals surface area contributed by atoms with E-state index < -0.39 is 12.0 Å². The molecule has 7 nitrogen and oxygen atoms in total. The van der Waals surface area contributed by atoms with E-state index in [1.165, 1.54) is 30.1 Å². The number of aromatic hydroxyl groups is 1. The molecule has 4 rings (SSSR count). The van der Waals surface area contributed by atoms with Crippen molar-refractivity contribution < 1.29 is 19.4 Å². The van der Waals surface area contributed by atoms with Gasteiger partial charge in [-0.05, 0) is 54.7 Å². The van der Waals surface area contributed by atoms with E-state index in [-0.39, 0.29) is 17.9 Å². The Hall–Kier alpha value is -3.65. The Balaban J connectivity index is 1.92. The lowest BCUT2D eigenvalue weighted by atomic mass is 9.93. The largest absolute Gasteiger partial charge is 0.504 e. The number of phenolic OH excluding ortho intramolecular Hbond substituents is 1. The number of allylic oxidation sites excluding steroid dienone is 1. The zero-order valence-electron chi connectivity index (χ0n) is 20.4. The van der Waals surface area contributed by atoms with Gasteiger partial charge in [-0.3, -0.25) is 9.36 Å². The van der Waals surface area contributed by atoms with Crippen molar-refractivity contribution in [3.05, 3.63) is 90.1 Å². The molecule has 0 radical (unpaired) electrons. The van der Waals surface area contributed by atoms with E-state index in [1.54, 1.807) is 36.6 Å². The number of hydrogen-bond acceptors (Lipinski definition) is 7. The molecule has 182 valence electrons. The molecule has 1 aromatic heterocycles. The fourth-order valence-corrected chi connectivity index (χ4v) is 5.15. The smallest absolute Gasteiger partial charge is 0.338 e. The summed E-state index contributed by atoms with van der Waals surface area (Å²) in [7, 11) is 1.47. The predicted octanol–water partition coefficient (Wildman–Crippen LogP) is 3.64. The van der Waals surface area contributed by atoms with Crippen LogP contribution in [-0.4, -0.2) is 29.4 Å². The molecule has 3 aromatic rings. The lowest BCUT2D eigenvalue weighted by Crippen LogP contribution is -2.39. The molecule has 35 heavy (non-hydrogen) atoms. The highest BCUT2D eigenvalue weighted by Crippen LogP contribution is 2.31. The van der Waals surface area contributed by atoms with Gasteiger partial charge in [0.1, 0.15) is 0 Å². The lowest BCUT2D eigenvalue weighted by molar-refractivity contribution is -0.139. The molecule has 0 saturated heterocycles. The number of esters is 1. The predicted molar refractivity (Wildman–Crippen MR) is 136 cm³/mol. The minimum Gasteiger partial charge on any atom is -0.504 e. The number of ether oxygens (including phenoxy) is 2. The molecular formula is C27H28N2O5S. The summed E-state index contributed by atoms with van der Waals surface area (Å²) in [6.07, 6.45) is 1.73. The summed E-state index contributed by atoms with van der Waals surface area (Å²) < 4.78 is 12.6. The summed E-state index contributed by atoms with van der Waals surface area (Å²) in [5.41, 5.74) is 3.30. The molecule has 1 atom stereocenters. The molecule has 0 spiro atoms. The number of phenols is 1. The highest BCUT2D eigenvalue weighted by atomic mass is 32.1. The van der Waals surface area contributed by atoms with E-state index in [9.17, 15) is 14.7 Å². The maximum atomic E-state index is 13.7. The van der Waals surface area contributed by atoms with Crippen LogP contribution in [0, 0.1) is 0 Å². The summed E-state index contributed by atoms with van der Waals surface area (Å²) >= 11 is 1.25. The van der Waals surface area contributed by atoms with E-state index in [4.69, 9.17) is 9.47 Å². The van der Waals surface area contributed by atoms with E-state index >= 15 is 0 Å². The molecule has 1 N–H and O–H groups in total. The Labute approximate surface area is 207 Å². The van der Waals surface area contributed by atoms with Gasteiger partial charge in [-0.1, -0.05) is 55.5 Å². The van der Waals surface area contributed by atoms with Crippen molar-refractivity contribution in [3.63, 3.8) is 0 Å². The Bertz CT molecular complexity index is 1480. The molecule has 0 fully saturated rings. The summed E-state index contributed by atoms with van der Waals surface area (Å²) in [5.74, 6) is 0.208. The minimum absolute atomic E-state index is 0.0191. The first-order chi connectivity index (χ1) is 16.7. The van der Waals surface area contributed by atoms with Crippen LogP contribution >= 0.6 is 11.3 Å². The van der Waals surface area contributed by atoms with Gasteiger partial charge in [0.25, 0.3) is 5.56 Å². The van der Waals surface area contributed by atoms with Crippen LogP contribution in [0.5, 0.6) is 11.5 Å². The molecule has 2 heterocycles. The zero-order valence-corrected chi connectivity index (χ0v) is 21.2. The maximum absolute atomic E-state index is 13.7. The first kappa shape index (κ1) is 24.5. The van der Waals surface area contributed by atoms with E-state index in [0.29, 0.717) is 37.8 Å². The first-order valence-electron chi connectivity index (χ1n) is 11.4. The van der Waals surface area contributed by atoms with Crippen LogP contribution in [0.15, 0.2) is 63.5 Å². The van der Waals surface area contributed by atoms with Crippen molar-refractivity contribution in [2.75, 3.05) is 13.7 Å². The molecule has 0 saturated carbocycles. The standard InChI is InChI=1S/C27H28N2O5S/c1-6-34-26(32)23-16(4)28-27-29(24(23)19-10-8-18(9-11-19)15(2)3)25(31)22(35-27)14-17-7-12-20(30)21(13-17)33-5/h7-15,24,30H,6H2,1-5H3/b22-14-/t24-/m0/s1. The third kappa shape index (κ3) is 4.66. The minimum atomic E-state index is -0.650. The number of rotatable bonds is 6. The quantitative estimate of drug-likeness (QED) is 0.531. The van der Waals surface area contributed by atoms with Crippen LogP contribution in [0.2, 0.25) is 0 Å². The van der Waals surface area contributed by atoms with E-state index in [2.05, 4.69) is 18.8 Å². The van der Waals surface area contributed by atoms with E-state index in [0.717, 1.165) is 5.56 Å². The second-order valence-corrected chi connectivity index (χ2v) is 9.56. The van der Waals surface area contributed by atoms with Crippen molar-refractivity contribution in [1.29, 1.82) is 0 Å². The van der Waals surface area contributed by atoms with Gasteiger partial charge in [0.05, 0.1) is 35.6 Å². The topological polar surface area (TPSA) is 90.1 Å². The SMILES string of the molecule is CCOC(=O)C1=C(C)N=c2s/c(=C\c3ccc(O)c(OC)c3)c(=O)n2[C@H]1c1ccc(C(C)C)cc1. The summed E-state index contributed by atoms with van der Waals surface area (Å²) in [4.78, 5) is 31.8. The van der Waals surface area contributed by atoms with Crippen LogP contribution in [0.4, 0.5) is 0 Å². The van der Waals surface area contributed by atoms with Crippen LogP contribution in [0.1, 0.15) is 56.3 Å². The molecule has 1 aliphatic heterocycles. The average molecular weight is 493 g/mol. The normalized spacial score (nSPS) is 15.7. The van der Waals surface area contributed by atoms with Gasteiger partial charge in [-0.25, -0.2) is 9.79 Å². The van der Waals surface area contributed by atoms with Crippen molar-refractivity contribution in [2.24, 2.45) is 4.99 Å². The average Bonchev–Trinajstić information content (AvgIpc) is 3.13. The van der Waals surface area contributed by atoms with Gasteiger partial charge in [-0.15, -0.1) is 0 Å². The van der Waals surface area contributed by atoms with Gasteiger partial charge < -0.3 is 14.6 Å². The monoisotopic (exact) mass is 492 g/mol. The highest BCUT2D eigenvalue weighted by Gasteiger charge is 2.33. The fraction of sp³-hybridized carbons (Fsp3) is 0.296. The summed E-state index contributed by atoms with van der Waals surface area (Å²) in [6.45, 7) is 7.97. The number of fused-ring (bicyclic) bond motifs is 1. The lowest BCUT2D eigenvalue weighted by Gasteiger charge is -2.25. The van der Waals surface area contributed by atoms with Crippen molar-refractivity contribution in [3.8, 4) is 11.5 Å². The number of methoxy groups -OCH3 is 1. The number of aromatic nitrogens is 1. The first-order valence-corrected chi connectivity index (χ1v) is 12.2. The zero-order chi connectivity index (χ0) is 25.3. The molecule has 0 unspecified atom stereocenters. The van der Waals surface area contributed by atoms with Crippen molar-refractivity contribution >= 4 is 23.4 Å². The molecule has 1 aliphatic rings. The molecule has 8 heteroatoms. The Morgan fingerprint density at radius 3 is 2.57 bits per heavy atom. The fourth-order valence-electron chi connectivity index (χ4n) is 4.11. The third-order valence-corrected chi connectivity index (χ3v) is 6.92. The van der Waals surface area contributed by atoms with Crippen LogP contribution in [0.25, 0.3) is 6.08 Å². The van der Waals surface area contributed by atoms with Gasteiger partial charge in [-0.2, -0.15) is 0 Å². The number of hydrogen-bond donors (Lipinski definition) is 1. The molecule has 2 aromatic carbocycles. The van der Waals surface area contributed by atoms with Crippen LogP contribution < -0.4 is 19.6 Å². The van der Waals surface area contributed by atoms with Crippen LogP contribution in [-0.2, 0) is 9.53 Å². The van der Waals surface area contributed by atoms with Crippen molar-refractivity contribution in [2.45, 2.75) is 39.7 Å². The Morgan fingerprint density at radius 2 is 1.94 bits per heavy atom. The summed E-state index contributed by atoms with van der Waals surface area (Å²) in [5, 5.41) is 9.89. The van der Waals surface area contributed by atoms with Gasteiger partial charge in [0.15, 0.2) is 16.3 Å². The summed E-state index contributed by atoms with van der Waals surface area (Å²) in [6, 6.07) is 12.2. The number of nitrogens with zero attached hydrogens (tertiary/aromatic N) is 2. The van der Waals surface area contributed by atoms with Crippen molar-refractivity contribution in [1.82, 2.24) is 4.57 Å². The molecule has 0 aliphatic carbocycles. The second-order valence-electron chi connectivity index (χ2n) is 8.55. The Kier molecular flexibility index (Phi) is 6.93. The van der Waals surface area contributed by atoms with E-state index in [1.807, 2.05) is 24.3 Å². The number of carbonyl (C=O) groups is 1. The van der Waals surface area contributed by atoms with Gasteiger partial charge >= 0.3 is 5.97 Å². The molecular weight excluding hydrogens is 464 g/mol. The second kappa shape index (κ2) is 9.92.